The van der Waals surface area contributed by atoms with Crippen LogP contribution in [0.15, 0.2) is 17.5 Å². The summed E-state index contributed by atoms with van der Waals surface area (Å²) in [5.41, 5.74) is 1.73. The van der Waals surface area contributed by atoms with Crippen LogP contribution >= 0.6 is 11.3 Å². The lowest BCUT2D eigenvalue weighted by molar-refractivity contribution is -0.140. The number of thiophene rings is 1. The predicted molar refractivity (Wildman–Crippen MR) is 102 cm³/mol. The van der Waals surface area contributed by atoms with E-state index in [1.165, 1.54) is 4.88 Å². The zero-order valence-electron chi connectivity index (χ0n) is 15.4. The summed E-state index contributed by atoms with van der Waals surface area (Å²) >= 11 is 1.75. The molecule has 4 amide bonds. The highest BCUT2D eigenvalue weighted by atomic mass is 32.1. The highest BCUT2D eigenvalue weighted by Crippen LogP contribution is 2.35. The van der Waals surface area contributed by atoms with Crippen molar-refractivity contribution in [1.82, 2.24) is 20.7 Å². The molecule has 3 aliphatic rings. The molecule has 1 spiro atoms. The zero-order chi connectivity index (χ0) is 18.9. The highest BCUT2D eigenvalue weighted by molar-refractivity contribution is 7.10. The van der Waals surface area contributed by atoms with Gasteiger partial charge < -0.3 is 5.32 Å². The second-order valence-corrected chi connectivity index (χ2v) is 8.69. The molecule has 8 heteroatoms. The SMILES string of the molecule is O=C(CCN1CCC[C@H]1c1cccs1)NN1C(=O)NC2(CCCCC2)C1=O. The van der Waals surface area contributed by atoms with Gasteiger partial charge in [0.2, 0.25) is 5.91 Å². The minimum atomic E-state index is -0.804. The van der Waals surface area contributed by atoms with Crippen LogP contribution in [-0.4, -0.2) is 46.4 Å². The fourth-order valence-corrected chi connectivity index (χ4v) is 5.43. The summed E-state index contributed by atoms with van der Waals surface area (Å²) < 4.78 is 0. The first kappa shape index (κ1) is 18.4. The van der Waals surface area contributed by atoms with Crippen LogP contribution in [0.3, 0.4) is 0 Å². The molecule has 1 atom stereocenters. The van der Waals surface area contributed by atoms with Gasteiger partial charge in [-0.25, -0.2) is 4.79 Å². The molecule has 1 saturated carbocycles. The van der Waals surface area contributed by atoms with E-state index in [1.54, 1.807) is 11.3 Å². The van der Waals surface area contributed by atoms with Crippen molar-refractivity contribution in [2.24, 2.45) is 0 Å². The van der Waals surface area contributed by atoms with Gasteiger partial charge in [0.25, 0.3) is 5.91 Å². The number of carbonyl (C=O) groups is 3. The van der Waals surface area contributed by atoms with Crippen molar-refractivity contribution in [2.45, 2.75) is 62.9 Å². The van der Waals surface area contributed by atoms with Crippen molar-refractivity contribution in [1.29, 1.82) is 0 Å². The van der Waals surface area contributed by atoms with Crippen LogP contribution in [0.25, 0.3) is 0 Å². The van der Waals surface area contributed by atoms with Gasteiger partial charge in [0.15, 0.2) is 0 Å². The molecule has 3 fully saturated rings. The Labute approximate surface area is 163 Å². The fraction of sp³-hybridized carbons (Fsp3) is 0.632. The van der Waals surface area contributed by atoms with Crippen molar-refractivity contribution in [2.75, 3.05) is 13.1 Å². The summed E-state index contributed by atoms with van der Waals surface area (Å²) in [6.45, 7) is 1.60. The van der Waals surface area contributed by atoms with Crippen LogP contribution in [0.1, 0.15) is 62.3 Å². The first-order valence-electron chi connectivity index (χ1n) is 9.83. The first-order chi connectivity index (χ1) is 13.1. The Balaban J connectivity index is 1.32. The molecular weight excluding hydrogens is 364 g/mol. The molecule has 27 heavy (non-hydrogen) atoms. The molecule has 3 heterocycles. The van der Waals surface area contributed by atoms with Gasteiger partial charge in [0, 0.05) is 23.9 Å². The molecule has 1 aromatic heterocycles. The minimum absolute atomic E-state index is 0.270. The van der Waals surface area contributed by atoms with Gasteiger partial charge in [-0.2, -0.15) is 5.01 Å². The van der Waals surface area contributed by atoms with E-state index in [-0.39, 0.29) is 18.2 Å². The van der Waals surface area contributed by atoms with E-state index in [4.69, 9.17) is 0 Å². The molecule has 1 aromatic rings. The average molecular weight is 391 g/mol. The maximum atomic E-state index is 12.7. The topological polar surface area (TPSA) is 81.8 Å². The lowest BCUT2D eigenvalue weighted by Crippen LogP contribution is -2.51. The van der Waals surface area contributed by atoms with Gasteiger partial charge in [-0.3, -0.25) is 19.9 Å². The van der Waals surface area contributed by atoms with Crippen molar-refractivity contribution >= 4 is 29.2 Å². The van der Waals surface area contributed by atoms with Crippen LogP contribution in [0.4, 0.5) is 4.79 Å². The number of carbonyl (C=O) groups excluding carboxylic acids is 3. The summed E-state index contributed by atoms with van der Waals surface area (Å²) in [7, 11) is 0. The smallest absolute Gasteiger partial charge is 0.322 e. The Bertz CT molecular complexity index is 715. The van der Waals surface area contributed by atoms with Gasteiger partial charge in [0.1, 0.15) is 5.54 Å². The first-order valence-corrected chi connectivity index (χ1v) is 10.7. The summed E-state index contributed by atoms with van der Waals surface area (Å²) in [6, 6.07) is 4.07. The van der Waals surface area contributed by atoms with Crippen LogP contribution in [0, 0.1) is 0 Å². The molecule has 146 valence electrons. The standard InChI is InChI=1S/C19H26N4O3S/c24-16(8-12-22-11-4-6-14(22)15-7-5-13-27-15)21-23-17(25)19(20-18(23)26)9-2-1-3-10-19/h5,7,13-14H,1-4,6,8-12H2,(H,20,26)(H,21,24)/t14-/m0/s1. The number of rotatable bonds is 5. The Kier molecular flexibility index (Phi) is 5.19. The maximum absolute atomic E-state index is 12.7. The molecule has 0 bridgehead atoms. The number of urea groups is 1. The summed E-state index contributed by atoms with van der Waals surface area (Å²) in [6.07, 6.45) is 6.74. The number of amides is 4. The third-order valence-corrected chi connectivity index (χ3v) is 6.94. The lowest BCUT2D eigenvalue weighted by atomic mass is 9.82. The van der Waals surface area contributed by atoms with Gasteiger partial charge in [-0.1, -0.05) is 25.3 Å². The minimum Gasteiger partial charge on any atom is -0.322 e. The third-order valence-electron chi connectivity index (χ3n) is 5.97. The summed E-state index contributed by atoms with van der Waals surface area (Å²) in [4.78, 5) is 41.0. The van der Waals surface area contributed by atoms with E-state index in [0.717, 1.165) is 43.7 Å². The Morgan fingerprint density at radius 1 is 1.26 bits per heavy atom. The fourth-order valence-electron chi connectivity index (χ4n) is 4.54. The molecule has 0 unspecified atom stereocenters. The van der Waals surface area contributed by atoms with Crippen LogP contribution in [0.5, 0.6) is 0 Å². The van der Waals surface area contributed by atoms with Crippen molar-refractivity contribution < 1.29 is 14.4 Å². The van der Waals surface area contributed by atoms with Crippen LogP contribution in [-0.2, 0) is 9.59 Å². The molecule has 1 aliphatic carbocycles. The molecule has 0 aromatic carbocycles. The van der Waals surface area contributed by atoms with Crippen molar-refractivity contribution in [3.05, 3.63) is 22.4 Å². The predicted octanol–water partition coefficient (Wildman–Crippen LogP) is 2.56. The maximum Gasteiger partial charge on any atom is 0.344 e. The van der Waals surface area contributed by atoms with Gasteiger partial charge in [0.05, 0.1) is 0 Å². The van der Waals surface area contributed by atoms with Gasteiger partial charge >= 0.3 is 6.03 Å². The van der Waals surface area contributed by atoms with Crippen molar-refractivity contribution in [3.8, 4) is 0 Å². The Morgan fingerprint density at radius 2 is 2.07 bits per heavy atom. The lowest BCUT2D eigenvalue weighted by Gasteiger charge is -2.30. The molecular formula is C19H26N4O3S. The van der Waals surface area contributed by atoms with Crippen LogP contribution < -0.4 is 10.7 Å². The number of imide groups is 1. The zero-order valence-corrected chi connectivity index (χ0v) is 16.2. The highest BCUT2D eigenvalue weighted by Gasteiger charge is 2.52. The average Bonchev–Trinajstić information content (AvgIpc) is 3.38. The molecule has 7 nitrogen and oxygen atoms in total. The van der Waals surface area contributed by atoms with E-state index in [1.807, 2.05) is 0 Å². The monoisotopic (exact) mass is 390 g/mol. The molecule has 0 radical (unpaired) electrons. The number of hydrazine groups is 1. The Hall–Kier alpha value is -1.93. The summed E-state index contributed by atoms with van der Waals surface area (Å²) in [5, 5.41) is 5.79. The molecule has 2 aliphatic heterocycles. The van der Waals surface area contributed by atoms with Crippen molar-refractivity contribution in [3.63, 3.8) is 0 Å². The molecule has 2 N–H and O–H groups in total. The number of likely N-dealkylation sites (tertiary alicyclic amines) is 1. The number of hydrogen-bond donors (Lipinski definition) is 2. The van der Waals surface area contributed by atoms with E-state index < -0.39 is 11.6 Å². The van der Waals surface area contributed by atoms with E-state index >= 15 is 0 Å². The van der Waals surface area contributed by atoms with Gasteiger partial charge in [-0.15, -0.1) is 11.3 Å². The largest absolute Gasteiger partial charge is 0.344 e. The van der Waals surface area contributed by atoms with E-state index in [2.05, 4.69) is 33.2 Å². The normalized spacial score (nSPS) is 25.2. The number of nitrogens with one attached hydrogen (secondary N) is 2. The molecule has 4 rings (SSSR count). The van der Waals surface area contributed by atoms with Crippen LogP contribution in [0.2, 0.25) is 0 Å². The number of hydrogen-bond acceptors (Lipinski definition) is 5. The second-order valence-electron chi connectivity index (χ2n) is 7.71. The summed E-state index contributed by atoms with van der Waals surface area (Å²) in [5.74, 6) is -0.596. The van der Waals surface area contributed by atoms with E-state index in [9.17, 15) is 14.4 Å². The second kappa shape index (κ2) is 7.59. The van der Waals surface area contributed by atoms with Gasteiger partial charge in [-0.05, 0) is 43.7 Å². The Morgan fingerprint density at radius 3 is 2.81 bits per heavy atom. The quantitative estimate of drug-likeness (QED) is 0.757. The number of nitrogens with zero attached hydrogens (tertiary/aromatic N) is 2. The van der Waals surface area contributed by atoms with E-state index in [0.29, 0.717) is 25.4 Å². The third kappa shape index (κ3) is 3.60. The molecule has 2 saturated heterocycles.